The first kappa shape index (κ1) is 12.0. The smallest absolute Gasteiger partial charge is 0.311 e. The molecule has 0 aliphatic rings. The van der Waals surface area contributed by atoms with E-state index in [0.717, 1.165) is 0 Å². The third kappa shape index (κ3) is 2.69. The second-order valence-corrected chi connectivity index (χ2v) is 3.05. The van der Waals surface area contributed by atoms with Gasteiger partial charge in [0, 0.05) is 24.2 Å². The molecule has 0 saturated heterocycles. The van der Waals surface area contributed by atoms with Gasteiger partial charge in [-0.3, -0.25) is 14.9 Å². The Morgan fingerprint density at radius 2 is 2.25 bits per heavy atom. The summed E-state index contributed by atoms with van der Waals surface area (Å²) < 4.78 is 4.87. The summed E-state index contributed by atoms with van der Waals surface area (Å²) in [6.07, 6.45) is 0.347. The van der Waals surface area contributed by atoms with Crippen LogP contribution in [0.5, 0.6) is 5.75 Å². The Hall–Kier alpha value is -2.11. The molecule has 0 aliphatic heterocycles. The van der Waals surface area contributed by atoms with Crippen LogP contribution in [0, 0.1) is 10.1 Å². The number of carbonyl (C=O) groups excluding carboxylic acids is 1. The molecule has 0 atom stereocenters. The SMILES string of the molecule is CCC(=O)Nc1ccc([N+](=O)[O-])c(OC)c1. The zero-order valence-electron chi connectivity index (χ0n) is 9.02. The molecular formula is C10H12N2O4. The maximum absolute atomic E-state index is 11.1. The monoisotopic (exact) mass is 224 g/mol. The molecule has 6 nitrogen and oxygen atoms in total. The summed E-state index contributed by atoms with van der Waals surface area (Å²) in [5, 5.41) is 13.2. The molecule has 0 radical (unpaired) electrons. The van der Waals surface area contributed by atoms with E-state index < -0.39 is 4.92 Å². The Morgan fingerprint density at radius 3 is 2.75 bits per heavy atom. The number of methoxy groups -OCH3 is 1. The summed E-state index contributed by atoms with van der Waals surface area (Å²) in [5.74, 6) is -0.0326. The molecule has 0 saturated carbocycles. The molecule has 1 N–H and O–H groups in total. The maximum atomic E-state index is 11.1. The summed E-state index contributed by atoms with van der Waals surface area (Å²) >= 11 is 0. The Morgan fingerprint density at radius 1 is 1.56 bits per heavy atom. The third-order valence-corrected chi connectivity index (χ3v) is 1.98. The average Bonchev–Trinajstić information content (AvgIpc) is 2.28. The molecule has 0 aliphatic carbocycles. The van der Waals surface area contributed by atoms with E-state index in [1.165, 1.54) is 25.3 Å². The van der Waals surface area contributed by atoms with Crippen LogP contribution in [0.1, 0.15) is 13.3 Å². The van der Waals surface area contributed by atoms with Crippen LogP contribution in [0.15, 0.2) is 18.2 Å². The van der Waals surface area contributed by atoms with Gasteiger partial charge in [0.05, 0.1) is 12.0 Å². The van der Waals surface area contributed by atoms with E-state index in [2.05, 4.69) is 5.32 Å². The lowest BCUT2D eigenvalue weighted by atomic mass is 10.2. The topological polar surface area (TPSA) is 81.5 Å². The van der Waals surface area contributed by atoms with Crippen molar-refractivity contribution in [3.05, 3.63) is 28.3 Å². The first-order chi connectivity index (χ1) is 7.58. The predicted octanol–water partition coefficient (Wildman–Crippen LogP) is 1.95. The van der Waals surface area contributed by atoms with Crippen molar-refractivity contribution >= 4 is 17.3 Å². The van der Waals surface area contributed by atoms with Crippen LogP contribution in [-0.2, 0) is 4.79 Å². The van der Waals surface area contributed by atoms with Gasteiger partial charge in [-0.05, 0) is 6.07 Å². The van der Waals surface area contributed by atoms with Crippen molar-refractivity contribution in [1.82, 2.24) is 0 Å². The summed E-state index contributed by atoms with van der Waals surface area (Å²) in [4.78, 5) is 21.2. The summed E-state index contributed by atoms with van der Waals surface area (Å²) in [6.45, 7) is 1.72. The first-order valence-corrected chi connectivity index (χ1v) is 4.70. The number of rotatable bonds is 4. The van der Waals surface area contributed by atoms with Gasteiger partial charge in [-0.1, -0.05) is 6.92 Å². The van der Waals surface area contributed by atoms with E-state index in [4.69, 9.17) is 4.74 Å². The van der Waals surface area contributed by atoms with Gasteiger partial charge in [0.1, 0.15) is 0 Å². The number of nitro groups is 1. The van der Waals surface area contributed by atoms with Crippen LogP contribution in [-0.4, -0.2) is 17.9 Å². The third-order valence-electron chi connectivity index (χ3n) is 1.98. The second-order valence-electron chi connectivity index (χ2n) is 3.05. The largest absolute Gasteiger partial charge is 0.490 e. The highest BCUT2D eigenvalue weighted by Gasteiger charge is 2.14. The van der Waals surface area contributed by atoms with Crippen molar-refractivity contribution < 1.29 is 14.5 Å². The van der Waals surface area contributed by atoms with Gasteiger partial charge in [0.15, 0.2) is 5.75 Å². The van der Waals surface area contributed by atoms with E-state index >= 15 is 0 Å². The van der Waals surface area contributed by atoms with Crippen LogP contribution in [0.25, 0.3) is 0 Å². The number of ether oxygens (including phenoxy) is 1. The molecule has 86 valence electrons. The minimum absolute atomic E-state index is 0.124. The number of nitro benzene ring substituents is 1. The average molecular weight is 224 g/mol. The fraction of sp³-hybridized carbons (Fsp3) is 0.300. The van der Waals surface area contributed by atoms with E-state index in [1.54, 1.807) is 6.92 Å². The Bertz CT molecular complexity index is 417. The number of amides is 1. The number of nitrogens with zero attached hydrogens (tertiary/aromatic N) is 1. The molecule has 0 spiro atoms. The van der Waals surface area contributed by atoms with Crippen molar-refractivity contribution in [2.24, 2.45) is 0 Å². The molecule has 0 bridgehead atoms. The van der Waals surface area contributed by atoms with E-state index in [-0.39, 0.29) is 17.3 Å². The van der Waals surface area contributed by atoms with Gasteiger partial charge in [0.2, 0.25) is 5.91 Å². The molecule has 1 aromatic carbocycles. The fourth-order valence-corrected chi connectivity index (χ4v) is 1.16. The summed E-state index contributed by atoms with van der Waals surface area (Å²) in [6, 6.07) is 4.18. The lowest BCUT2D eigenvalue weighted by Gasteiger charge is -2.06. The minimum Gasteiger partial charge on any atom is -0.490 e. The molecule has 0 heterocycles. The van der Waals surface area contributed by atoms with Crippen molar-refractivity contribution in [2.45, 2.75) is 13.3 Å². The maximum Gasteiger partial charge on any atom is 0.311 e. The van der Waals surface area contributed by atoms with E-state index in [9.17, 15) is 14.9 Å². The van der Waals surface area contributed by atoms with Crippen LogP contribution >= 0.6 is 0 Å². The molecule has 1 amide bonds. The quantitative estimate of drug-likeness (QED) is 0.626. The number of benzene rings is 1. The van der Waals surface area contributed by atoms with E-state index in [1.807, 2.05) is 0 Å². The van der Waals surface area contributed by atoms with Crippen molar-refractivity contribution in [3.63, 3.8) is 0 Å². The molecule has 1 rings (SSSR count). The molecule has 0 unspecified atom stereocenters. The van der Waals surface area contributed by atoms with E-state index in [0.29, 0.717) is 12.1 Å². The highest BCUT2D eigenvalue weighted by Crippen LogP contribution is 2.29. The van der Waals surface area contributed by atoms with Crippen LogP contribution in [0.4, 0.5) is 11.4 Å². The highest BCUT2D eigenvalue weighted by atomic mass is 16.6. The molecule has 0 aromatic heterocycles. The number of hydrogen-bond acceptors (Lipinski definition) is 4. The number of hydrogen-bond donors (Lipinski definition) is 1. The number of carbonyl (C=O) groups is 1. The van der Waals surface area contributed by atoms with Gasteiger partial charge in [-0.25, -0.2) is 0 Å². The fourth-order valence-electron chi connectivity index (χ4n) is 1.16. The Balaban J connectivity index is 2.99. The van der Waals surface area contributed by atoms with Crippen molar-refractivity contribution in [3.8, 4) is 5.75 Å². The zero-order valence-corrected chi connectivity index (χ0v) is 9.02. The first-order valence-electron chi connectivity index (χ1n) is 4.70. The predicted molar refractivity (Wildman–Crippen MR) is 58.6 cm³/mol. The number of nitrogens with one attached hydrogen (secondary N) is 1. The standard InChI is InChI=1S/C10H12N2O4/c1-3-10(13)11-7-4-5-8(12(14)15)9(6-7)16-2/h4-6H,3H2,1-2H3,(H,11,13). The van der Waals surface area contributed by atoms with Gasteiger partial charge in [-0.15, -0.1) is 0 Å². The van der Waals surface area contributed by atoms with Crippen molar-refractivity contribution in [2.75, 3.05) is 12.4 Å². The van der Waals surface area contributed by atoms with Crippen LogP contribution in [0.2, 0.25) is 0 Å². The normalized spacial score (nSPS) is 9.62. The van der Waals surface area contributed by atoms with Crippen LogP contribution < -0.4 is 10.1 Å². The van der Waals surface area contributed by atoms with Gasteiger partial charge < -0.3 is 10.1 Å². The molecule has 16 heavy (non-hydrogen) atoms. The van der Waals surface area contributed by atoms with Gasteiger partial charge >= 0.3 is 5.69 Å². The van der Waals surface area contributed by atoms with Crippen molar-refractivity contribution in [1.29, 1.82) is 0 Å². The zero-order chi connectivity index (χ0) is 12.1. The summed E-state index contributed by atoms with van der Waals surface area (Å²) in [7, 11) is 1.34. The molecule has 1 aromatic rings. The lowest BCUT2D eigenvalue weighted by molar-refractivity contribution is -0.385. The minimum atomic E-state index is -0.537. The Kier molecular flexibility index (Phi) is 3.82. The lowest BCUT2D eigenvalue weighted by Crippen LogP contribution is -2.09. The van der Waals surface area contributed by atoms with Gasteiger partial charge in [0.25, 0.3) is 0 Å². The van der Waals surface area contributed by atoms with Crippen LogP contribution in [0.3, 0.4) is 0 Å². The highest BCUT2D eigenvalue weighted by molar-refractivity contribution is 5.90. The number of anilines is 1. The Labute approximate surface area is 92.4 Å². The molecule has 6 heteroatoms. The summed E-state index contributed by atoms with van der Waals surface area (Å²) in [5.41, 5.74) is 0.353. The molecule has 0 fully saturated rings. The second kappa shape index (κ2) is 5.11. The molecular weight excluding hydrogens is 212 g/mol. The van der Waals surface area contributed by atoms with Gasteiger partial charge in [-0.2, -0.15) is 0 Å².